The normalized spacial score (nSPS) is 10.3. The predicted molar refractivity (Wildman–Crippen MR) is 42.9 cm³/mol. The summed E-state index contributed by atoms with van der Waals surface area (Å²) in [7, 11) is 1.72. The minimum Gasteiger partial charge on any atom is -0.375 e. The zero-order valence-electron chi connectivity index (χ0n) is 6.71. The van der Waals surface area contributed by atoms with Crippen molar-refractivity contribution < 1.29 is 4.74 Å². The molecule has 5 nitrogen and oxygen atoms in total. The molecule has 0 bridgehead atoms. The molecule has 0 amide bonds. The van der Waals surface area contributed by atoms with Crippen molar-refractivity contribution in [2.75, 3.05) is 26.8 Å². The van der Waals surface area contributed by atoms with E-state index >= 15 is 0 Å². The Hall–Kier alpha value is -0.940. The number of ether oxygens (including phenoxy) is 1. The molecule has 0 rings (SSSR count). The number of hydrogen-bond acceptors (Lipinski definition) is 4. The third-order valence-corrected chi connectivity index (χ3v) is 0.804. The topological polar surface area (TPSA) is 58.0 Å². The summed E-state index contributed by atoms with van der Waals surface area (Å²) in [6, 6.07) is 0. The first-order valence-electron chi connectivity index (χ1n) is 3.38. The molecule has 0 aliphatic rings. The Labute approximate surface area is 66.5 Å². The number of rotatable bonds is 7. The Morgan fingerprint density at radius 3 is 3.09 bits per heavy atom. The lowest BCUT2D eigenvalue weighted by atomic mass is 10.7. The van der Waals surface area contributed by atoms with E-state index < -0.39 is 0 Å². The summed E-state index contributed by atoms with van der Waals surface area (Å²) in [5.41, 5.74) is 5.07. The third-order valence-electron chi connectivity index (χ3n) is 0.804. The van der Waals surface area contributed by atoms with Crippen LogP contribution in [0.3, 0.4) is 0 Å². The zero-order chi connectivity index (χ0) is 8.36. The molecule has 0 spiro atoms. The molecule has 0 aromatic carbocycles. The molecule has 0 aliphatic carbocycles. The van der Waals surface area contributed by atoms with E-state index in [2.05, 4.69) is 27.9 Å². The highest BCUT2D eigenvalue weighted by molar-refractivity contribution is 4.63. The molecule has 11 heavy (non-hydrogen) atoms. The van der Waals surface area contributed by atoms with Gasteiger partial charge >= 0.3 is 0 Å². The van der Waals surface area contributed by atoms with E-state index in [1.54, 1.807) is 13.1 Å². The molecule has 0 heterocycles. The maximum absolute atomic E-state index is 5.04. The van der Waals surface area contributed by atoms with E-state index in [0.29, 0.717) is 19.8 Å². The molecule has 0 aliphatic heterocycles. The fourth-order valence-electron chi connectivity index (χ4n) is 0.407. The van der Waals surface area contributed by atoms with Gasteiger partial charge < -0.3 is 4.74 Å². The summed E-state index contributed by atoms with van der Waals surface area (Å²) in [6.07, 6.45) is 1.70. The van der Waals surface area contributed by atoms with Crippen LogP contribution in [0.4, 0.5) is 0 Å². The van der Waals surface area contributed by atoms with Crippen LogP contribution in [-0.2, 0) is 4.74 Å². The van der Waals surface area contributed by atoms with Gasteiger partial charge in [0.2, 0.25) is 0 Å². The Bertz CT molecular complexity index is 115. The molecule has 0 atom stereocenters. The van der Waals surface area contributed by atoms with Crippen LogP contribution in [0, 0.1) is 0 Å². The van der Waals surface area contributed by atoms with Gasteiger partial charge in [-0.05, 0) is 0 Å². The Morgan fingerprint density at radius 1 is 1.64 bits per heavy atom. The van der Waals surface area contributed by atoms with Gasteiger partial charge in [0, 0.05) is 7.05 Å². The molecule has 0 aromatic rings. The third kappa shape index (κ3) is 9.06. The maximum Gasteiger partial charge on any atom is 0.0854 e. The quantitative estimate of drug-likeness (QED) is 0.242. The van der Waals surface area contributed by atoms with Crippen LogP contribution in [0.15, 0.2) is 23.0 Å². The van der Waals surface area contributed by atoms with E-state index in [4.69, 9.17) is 4.74 Å². The van der Waals surface area contributed by atoms with Crippen LogP contribution >= 0.6 is 0 Å². The van der Waals surface area contributed by atoms with Gasteiger partial charge in [-0.15, -0.1) is 6.58 Å². The van der Waals surface area contributed by atoms with E-state index in [1.807, 2.05) is 0 Å². The van der Waals surface area contributed by atoms with Gasteiger partial charge in [0.15, 0.2) is 0 Å². The van der Waals surface area contributed by atoms with Gasteiger partial charge in [0.1, 0.15) is 0 Å². The molecule has 0 radical (unpaired) electrons. The van der Waals surface area contributed by atoms with Gasteiger partial charge in [-0.2, -0.15) is 5.11 Å². The van der Waals surface area contributed by atoms with Crippen molar-refractivity contribution in [3.05, 3.63) is 12.7 Å². The maximum atomic E-state index is 5.04. The largest absolute Gasteiger partial charge is 0.375 e. The summed E-state index contributed by atoms with van der Waals surface area (Å²) in [4.78, 5) is 0. The number of nitrogens with one attached hydrogen (secondary N) is 2. The summed E-state index contributed by atoms with van der Waals surface area (Å²) >= 11 is 0. The van der Waals surface area contributed by atoms with Crippen LogP contribution in [0.25, 0.3) is 0 Å². The van der Waals surface area contributed by atoms with E-state index in [-0.39, 0.29) is 0 Å². The molecule has 0 fully saturated rings. The van der Waals surface area contributed by atoms with Crippen LogP contribution in [-0.4, -0.2) is 26.8 Å². The second kappa shape index (κ2) is 9.06. The molecule has 0 unspecified atom stereocenters. The zero-order valence-corrected chi connectivity index (χ0v) is 6.71. The Morgan fingerprint density at radius 2 is 2.45 bits per heavy atom. The van der Waals surface area contributed by atoms with E-state index in [9.17, 15) is 0 Å². The fraction of sp³-hybridized carbons (Fsp3) is 0.667. The van der Waals surface area contributed by atoms with Crippen molar-refractivity contribution in [2.45, 2.75) is 0 Å². The smallest absolute Gasteiger partial charge is 0.0854 e. The first-order chi connectivity index (χ1) is 5.41. The van der Waals surface area contributed by atoms with Gasteiger partial charge in [-0.25, -0.2) is 11.0 Å². The standard InChI is InChI=1S/C6H14N4O/c1-3-5-11-6-4-8-10-9-7-2/h3H,1,4-6H2,2H3,(H,7,10)(H,8,9). The number of hydrazine groups is 1. The summed E-state index contributed by atoms with van der Waals surface area (Å²) < 4.78 is 5.04. The molecule has 0 aromatic heterocycles. The Kier molecular flexibility index (Phi) is 8.29. The predicted octanol–water partition coefficient (Wildman–Crippen LogP) is 0.280. The molecule has 0 saturated heterocycles. The molecule has 5 heteroatoms. The van der Waals surface area contributed by atoms with Gasteiger partial charge in [0.25, 0.3) is 0 Å². The van der Waals surface area contributed by atoms with E-state index in [1.165, 1.54) is 0 Å². The lowest BCUT2D eigenvalue weighted by molar-refractivity contribution is 0.169. The second-order valence-electron chi connectivity index (χ2n) is 1.69. The van der Waals surface area contributed by atoms with Crippen molar-refractivity contribution in [3.63, 3.8) is 0 Å². The second-order valence-corrected chi connectivity index (χ2v) is 1.69. The van der Waals surface area contributed by atoms with Crippen molar-refractivity contribution in [1.82, 2.24) is 11.0 Å². The van der Waals surface area contributed by atoms with Crippen LogP contribution in [0.2, 0.25) is 0 Å². The van der Waals surface area contributed by atoms with Gasteiger partial charge in [0.05, 0.1) is 19.8 Å². The van der Waals surface area contributed by atoms with Crippen LogP contribution in [0.5, 0.6) is 0 Å². The molecule has 0 saturated carbocycles. The lowest BCUT2D eigenvalue weighted by Gasteiger charge is -1.95. The molecular weight excluding hydrogens is 144 g/mol. The summed E-state index contributed by atoms with van der Waals surface area (Å²) in [5.74, 6) is 0. The van der Waals surface area contributed by atoms with Crippen molar-refractivity contribution >= 4 is 0 Å². The minimum absolute atomic E-state index is 0.558. The average Bonchev–Trinajstić information content (AvgIpc) is 2.03. The van der Waals surface area contributed by atoms with Crippen molar-refractivity contribution in [3.8, 4) is 0 Å². The van der Waals surface area contributed by atoms with Crippen LogP contribution < -0.4 is 11.0 Å². The lowest BCUT2D eigenvalue weighted by Crippen LogP contribution is -2.20. The van der Waals surface area contributed by atoms with Crippen LogP contribution in [0.1, 0.15) is 0 Å². The monoisotopic (exact) mass is 158 g/mol. The van der Waals surface area contributed by atoms with E-state index in [0.717, 1.165) is 0 Å². The Balaban J connectivity index is 2.94. The number of hydrogen-bond donors (Lipinski definition) is 2. The molecular formula is C6H14N4O. The number of nitrogens with zero attached hydrogens (tertiary/aromatic N) is 2. The SMILES string of the molecule is C=CCOCCN=NNNC. The minimum atomic E-state index is 0.558. The molecule has 2 N–H and O–H groups in total. The van der Waals surface area contributed by atoms with Gasteiger partial charge in [-0.3, -0.25) is 0 Å². The summed E-state index contributed by atoms with van der Waals surface area (Å²) in [6.45, 7) is 5.20. The van der Waals surface area contributed by atoms with Crippen molar-refractivity contribution in [2.24, 2.45) is 10.3 Å². The highest BCUT2D eigenvalue weighted by Crippen LogP contribution is 1.76. The first kappa shape index (κ1) is 10.1. The fourth-order valence-corrected chi connectivity index (χ4v) is 0.407. The van der Waals surface area contributed by atoms with Gasteiger partial charge in [-0.1, -0.05) is 11.3 Å². The average molecular weight is 158 g/mol. The molecule has 64 valence electrons. The first-order valence-corrected chi connectivity index (χ1v) is 3.38. The van der Waals surface area contributed by atoms with Crippen molar-refractivity contribution in [1.29, 1.82) is 0 Å². The highest BCUT2D eigenvalue weighted by Gasteiger charge is 1.80. The highest BCUT2D eigenvalue weighted by atomic mass is 16.5. The summed E-state index contributed by atoms with van der Waals surface area (Å²) in [5, 5.41) is 7.27.